The van der Waals surface area contributed by atoms with Gasteiger partial charge in [-0.25, -0.2) is 4.57 Å². The molecule has 9 heteroatoms. The molecule has 0 aromatic rings. The fraction of sp³-hybridized carbons (Fsp3) is 0. The molecule has 0 aliphatic heterocycles. The zero-order valence-corrected chi connectivity index (χ0v) is 10.4. The standard InChI is InChI=1S/2Mo.H3O4P.S2/c;;1-5(2,3)4;1-2/h;;(H3,1,2,3,4);/q2*+1;;-2. The van der Waals surface area contributed by atoms with Gasteiger partial charge in [0.15, 0.2) is 0 Å². The van der Waals surface area contributed by atoms with Gasteiger partial charge in [0.25, 0.3) is 0 Å². The second-order valence-corrected chi connectivity index (χ2v) is 8.79. The average Bonchev–Trinajstić information content (AvgIpc) is 1.61. The van der Waals surface area contributed by atoms with Crippen molar-refractivity contribution in [3.8, 4) is 0 Å². The van der Waals surface area contributed by atoms with E-state index in [0.29, 0.717) is 0 Å². The Kier molecular flexibility index (Phi) is 12.7. The Hall–Kier alpha value is 2.19. The molecular formula is H3Mo2O4PS2. The molecule has 0 rings (SSSR count). The van der Waals surface area contributed by atoms with Crippen molar-refractivity contribution in [3.05, 3.63) is 0 Å². The molecule has 0 amide bonds. The van der Waals surface area contributed by atoms with Crippen molar-refractivity contribution < 1.29 is 56.3 Å². The first-order valence-corrected chi connectivity index (χ1v) is 9.76. The van der Waals surface area contributed by atoms with E-state index < -0.39 is 7.82 Å². The van der Waals surface area contributed by atoms with Crippen LogP contribution in [-0.4, -0.2) is 14.7 Å². The van der Waals surface area contributed by atoms with Crippen molar-refractivity contribution >= 4 is 24.8 Å². The Balaban J connectivity index is 0. The normalized spacial score (nSPS) is 9.67. The summed E-state index contributed by atoms with van der Waals surface area (Å²) in [5.41, 5.74) is 0. The quantitative estimate of drug-likeness (QED) is 0.359. The first-order valence-electron chi connectivity index (χ1n) is 1.28. The SMILES string of the molecule is O=P(O)(O)O.[Mo][S][S][Mo]. The molecular weight excluding hydrogens is 351 g/mol. The van der Waals surface area contributed by atoms with E-state index in [4.69, 9.17) is 19.2 Å². The van der Waals surface area contributed by atoms with Gasteiger partial charge in [-0.15, -0.1) is 0 Å². The van der Waals surface area contributed by atoms with Gasteiger partial charge in [0.2, 0.25) is 0 Å². The fourth-order valence-electron chi connectivity index (χ4n) is 0. The first-order chi connectivity index (χ1) is 3.91. The van der Waals surface area contributed by atoms with Crippen molar-refractivity contribution in [2.24, 2.45) is 0 Å². The molecule has 3 N–H and O–H groups in total. The summed E-state index contributed by atoms with van der Waals surface area (Å²) in [6, 6.07) is 0. The molecule has 0 aliphatic carbocycles. The monoisotopic (exact) mass is 358 g/mol. The van der Waals surface area contributed by atoms with E-state index in [1.165, 1.54) is 0 Å². The first kappa shape index (κ1) is 13.8. The topological polar surface area (TPSA) is 77.8 Å². The molecule has 0 aromatic heterocycles. The Labute approximate surface area is 80.4 Å². The molecule has 0 aromatic carbocycles. The van der Waals surface area contributed by atoms with Crippen LogP contribution in [0, 0.1) is 0 Å². The number of phosphoric acid groups is 1. The summed E-state index contributed by atoms with van der Waals surface area (Å²) < 4.78 is 8.88. The molecule has 0 radical (unpaired) electrons. The molecule has 0 heterocycles. The third-order valence-corrected chi connectivity index (χ3v) is 8.75. The second-order valence-electron chi connectivity index (χ2n) is 0.649. The molecule has 0 bridgehead atoms. The summed E-state index contributed by atoms with van der Waals surface area (Å²) in [6.07, 6.45) is 0. The average molecular weight is 354 g/mol. The fourth-order valence-corrected chi connectivity index (χ4v) is 0. The van der Waals surface area contributed by atoms with Crippen molar-refractivity contribution in [1.29, 1.82) is 0 Å². The number of hydrogen-bond acceptors (Lipinski definition) is 3. The number of hydrogen-bond donors (Lipinski definition) is 3. The van der Waals surface area contributed by atoms with Crippen molar-refractivity contribution in [2.75, 3.05) is 0 Å². The third-order valence-electron chi connectivity index (χ3n) is 0.0278. The van der Waals surface area contributed by atoms with Gasteiger partial charge in [0, 0.05) is 0 Å². The van der Waals surface area contributed by atoms with Crippen LogP contribution in [-0.2, 0) is 41.6 Å². The van der Waals surface area contributed by atoms with Crippen molar-refractivity contribution in [1.82, 2.24) is 0 Å². The Morgan fingerprint density at radius 1 is 1.11 bits per heavy atom. The molecule has 56 valence electrons. The predicted molar refractivity (Wildman–Crippen MR) is 29.4 cm³/mol. The van der Waals surface area contributed by atoms with Gasteiger partial charge < -0.3 is 14.7 Å². The van der Waals surface area contributed by atoms with Crippen LogP contribution < -0.4 is 0 Å². The second kappa shape index (κ2) is 8.28. The minimum atomic E-state index is -4.64. The van der Waals surface area contributed by atoms with E-state index in [1.807, 2.05) is 37.1 Å². The van der Waals surface area contributed by atoms with Gasteiger partial charge in [0.1, 0.15) is 0 Å². The summed E-state index contributed by atoms with van der Waals surface area (Å²) in [7, 11) is -1.06. The van der Waals surface area contributed by atoms with Gasteiger partial charge >= 0.3 is 61.9 Å². The van der Waals surface area contributed by atoms with Crippen LogP contribution in [0.3, 0.4) is 0 Å². The summed E-state index contributed by atoms with van der Waals surface area (Å²) in [4.78, 5) is 21.6. The van der Waals surface area contributed by atoms with Crippen molar-refractivity contribution in [3.63, 3.8) is 0 Å². The van der Waals surface area contributed by atoms with Crippen LogP contribution in [0.25, 0.3) is 0 Å². The molecule has 0 fully saturated rings. The Morgan fingerprint density at radius 2 is 1.22 bits per heavy atom. The van der Waals surface area contributed by atoms with Gasteiger partial charge in [-0.05, 0) is 0 Å². The predicted octanol–water partition coefficient (Wildman–Crippen LogP) is 0.363. The van der Waals surface area contributed by atoms with Crippen LogP contribution in [0.2, 0.25) is 0 Å². The molecule has 0 aliphatic rings. The van der Waals surface area contributed by atoms with Gasteiger partial charge in [0.05, 0.1) is 0 Å². The molecule has 9 heavy (non-hydrogen) atoms. The molecule has 0 spiro atoms. The van der Waals surface area contributed by atoms with Gasteiger partial charge in [-0.1, -0.05) is 0 Å². The van der Waals surface area contributed by atoms with E-state index in [2.05, 4.69) is 0 Å². The van der Waals surface area contributed by atoms with E-state index in [0.717, 1.165) is 0 Å². The van der Waals surface area contributed by atoms with Crippen LogP contribution in [0.5, 0.6) is 0 Å². The van der Waals surface area contributed by atoms with Crippen LogP contribution in [0.15, 0.2) is 0 Å². The van der Waals surface area contributed by atoms with Crippen molar-refractivity contribution in [2.45, 2.75) is 0 Å². The summed E-state index contributed by atoms with van der Waals surface area (Å²) in [5.74, 6) is 0. The Bertz CT molecular complexity index is 80.3. The minimum absolute atomic E-state index is 1.79. The maximum atomic E-state index is 8.88. The maximum absolute atomic E-state index is 8.88. The van der Waals surface area contributed by atoms with E-state index in [9.17, 15) is 0 Å². The van der Waals surface area contributed by atoms with Crippen LogP contribution in [0.1, 0.15) is 0 Å². The zero-order chi connectivity index (χ0) is 7.91. The zero-order valence-electron chi connectivity index (χ0n) is 3.83. The van der Waals surface area contributed by atoms with Crippen LogP contribution in [0.4, 0.5) is 0 Å². The van der Waals surface area contributed by atoms with E-state index in [1.54, 1.807) is 17.0 Å². The van der Waals surface area contributed by atoms with Gasteiger partial charge in [-0.2, -0.15) is 0 Å². The number of rotatable bonds is 1. The molecule has 0 saturated carbocycles. The summed E-state index contributed by atoms with van der Waals surface area (Å²) in [5, 5.41) is 0. The van der Waals surface area contributed by atoms with Crippen LogP contribution >= 0.6 is 24.8 Å². The molecule has 0 unspecified atom stereocenters. The van der Waals surface area contributed by atoms with E-state index >= 15 is 0 Å². The molecule has 0 atom stereocenters. The van der Waals surface area contributed by atoms with E-state index in [-0.39, 0.29) is 0 Å². The summed E-state index contributed by atoms with van der Waals surface area (Å²) in [6.45, 7) is 0. The Morgan fingerprint density at radius 3 is 1.22 bits per heavy atom. The summed E-state index contributed by atoms with van der Waals surface area (Å²) >= 11 is 4.01. The molecule has 0 saturated heterocycles. The third kappa shape index (κ3) is 67.2. The van der Waals surface area contributed by atoms with Gasteiger partial charge in [-0.3, -0.25) is 0 Å². The molecule has 4 nitrogen and oxygen atoms in total.